The van der Waals surface area contributed by atoms with Gasteiger partial charge in [-0.1, -0.05) is 19.3 Å². The number of amides is 1. The van der Waals surface area contributed by atoms with E-state index >= 15 is 0 Å². The number of hydrogen-bond acceptors (Lipinski definition) is 1. The fourth-order valence-electron chi connectivity index (χ4n) is 2.67. The van der Waals surface area contributed by atoms with Crippen LogP contribution in [0.3, 0.4) is 0 Å². The van der Waals surface area contributed by atoms with E-state index in [9.17, 15) is 13.6 Å². The molecule has 1 amide bonds. The molecule has 1 aromatic rings. The molecule has 0 radical (unpaired) electrons. The molecule has 0 heterocycles. The maximum atomic E-state index is 13.1. The molecule has 0 saturated heterocycles. The number of halogens is 3. The lowest BCUT2D eigenvalue weighted by Crippen LogP contribution is -2.40. The van der Waals surface area contributed by atoms with Gasteiger partial charge in [-0.05, 0) is 31.0 Å². The topological polar surface area (TPSA) is 29.1 Å². The van der Waals surface area contributed by atoms with Crippen LogP contribution in [0, 0.1) is 17.0 Å². The summed E-state index contributed by atoms with van der Waals surface area (Å²) in [6.07, 6.45) is 5.43. The summed E-state index contributed by atoms with van der Waals surface area (Å²) >= 11 is 6.05. The fraction of sp³-hybridized carbons (Fsp3) is 0.533. The zero-order valence-corrected chi connectivity index (χ0v) is 12.0. The van der Waals surface area contributed by atoms with E-state index in [2.05, 4.69) is 5.32 Å². The number of nitrogens with one attached hydrogen (secondary N) is 1. The third-order valence-electron chi connectivity index (χ3n) is 4.00. The van der Waals surface area contributed by atoms with E-state index in [1.54, 1.807) is 0 Å². The number of carbonyl (C=O) groups is 1. The van der Waals surface area contributed by atoms with Crippen molar-refractivity contribution < 1.29 is 13.6 Å². The summed E-state index contributed by atoms with van der Waals surface area (Å²) in [6.45, 7) is 0.480. The second-order valence-corrected chi connectivity index (χ2v) is 5.77. The highest BCUT2D eigenvalue weighted by Gasteiger charge is 2.31. The van der Waals surface area contributed by atoms with E-state index < -0.39 is 11.6 Å². The Kier molecular flexibility index (Phi) is 4.97. The van der Waals surface area contributed by atoms with Gasteiger partial charge in [-0.15, -0.1) is 11.6 Å². The monoisotopic (exact) mass is 301 g/mol. The maximum absolute atomic E-state index is 13.1. The summed E-state index contributed by atoms with van der Waals surface area (Å²) in [5.41, 5.74) is 0.0676. The Morgan fingerprint density at radius 2 is 1.90 bits per heavy atom. The van der Waals surface area contributed by atoms with Crippen molar-refractivity contribution in [1.82, 2.24) is 5.32 Å². The van der Waals surface area contributed by atoms with Crippen LogP contribution >= 0.6 is 11.6 Å². The highest BCUT2D eigenvalue weighted by Crippen LogP contribution is 2.36. The van der Waals surface area contributed by atoms with Crippen LogP contribution in [0.1, 0.15) is 42.5 Å². The van der Waals surface area contributed by atoms with Gasteiger partial charge in [-0.2, -0.15) is 0 Å². The number of alkyl halides is 1. The Morgan fingerprint density at radius 3 is 2.50 bits per heavy atom. The minimum atomic E-state index is -1.01. The average molecular weight is 302 g/mol. The molecular formula is C15H18ClF2NO. The summed E-state index contributed by atoms with van der Waals surface area (Å²) in [6, 6.07) is 3.16. The molecule has 2 rings (SSSR count). The molecular weight excluding hydrogens is 284 g/mol. The van der Waals surface area contributed by atoms with E-state index in [1.807, 2.05) is 0 Å². The Balaban J connectivity index is 1.98. The standard InChI is InChI=1S/C15H18ClF2NO/c16-9-15(6-2-1-3-7-15)10-19-14(20)11-4-5-12(17)13(18)8-11/h4-5,8H,1-3,6-7,9-10H2,(H,19,20). The van der Waals surface area contributed by atoms with Gasteiger partial charge in [0.15, 0.2) is 11.6 Å². The van der Waals surface area contributed by atoms with Gasteiger partial charge in [-0.25, -0.2) is 8.78 Å². The van der Waals surface area contributed by atoms with Crippen LogP contribution in [0.25, 0.3) is 0 Å². The van der Waals surface area contributed by atoms with E-state index in [4.69, 9.17) is 11.6 Å². The van der Waals surface area contributed by atoms with Crippen LogP contribution in [-0.2, 0) is 0 Å². The van der Waals surface area contributed by atoms with Gasteiger partial charge in [0.2, 0.25) is 0 Å². The summed E-state index contributed by atoms with van der Waals surface area (Å²) in [7, 11) is 0. The molecule has 110 valence electrons. The van der Waals surface area contributed by atoms with E-state index in [1.165, 1.54) is 12.5 Å². The summed E-state index contributed by atoms with van der Waals surface area (Å²) in [5, 5.41) is 2.79. The Labute approximate surface area is 122 Å². The second kappa shape index (κ2) is 6.53. The number of hydrogen-bond donors (Lipinski definition) is 1. The molecule has 1 aromatic carbocycles. The normalized spacial score (nSPS) is 17.8. The average Bonchev–Trinajstić information content (AvgIpc) is 2.48. The maximum Gasteiger partial charge on any atom is 0.251 e. The van der Waals surface area contributed by atoms with Crippen LogP contribution in [0.2, 0.25) is 0 Å². The Hall–Kier alpha value is -1.16. The van der Waals surface area contributed by atoms with Gasteiger partial charge in [0.1, 0.15) is 0 Å². The van der Waals surface area contributed by atoms with Crippen molar-refractivity contribution in [2.75, 3.05) is 12.4 Å². The predicted octanol–water partition coefficient (Wildman–Crippen LogP) is 3.88. The van der Waals surface area contributed by atoms with Crippen LogP contribution < -0.4 is 5.32 Å². The first-order valence-electron chi connectivity index (χ1n) is 6.86. The summed E-state index contributed by atoms with van der Waals surface area (Å²) < 4.78 is 25.9. The van der Waals surface area contributed by atoms with Crippen molar-refractivity contribution in [1.29, 1.82) is 0 Å². The minimum absolute atomic E-state index is 0.0615. The van der Waals surface area contributed by atoms with Gasteiger partial charge >= 0.3 is 0 Å². The first-order chi connectivity index (χ1) is 9.56. The van der Waals surface area contributed by atoms with Crippen LogP contribution in [0.5, 0.6) is 0 Å². The Bertz CT molecular complexity index is 487. The van der Waals surface area contributed by atoms with Crippen molar-refractivity contribution in [2.45, 2.75) is 32.1 Å². The third-order valence-corrected chi connectivity index (χ3v) is 4.57. The highest BCUT2D eigenvalue weighted by molar-refractivity contribution is 6.18. The van der Waals surface area contributed by atoms with E-state index in [0.717, 1.165) is 37.8 Å². The van der Waals surface area contributed by atoms with Gasteiger partial charge in [0.05, 0.1) is 0 Å². The molecule has 0 atom stereocenters. The third kappa shape index (κ3) is 3.48. The van der Waals surface area contributed by atoms with E-state index in [-0.39, 0.29) is 16.9 Å². The van der Waals surface area contributed by atoms with Gasteiger partial charge in [0, 0.05) is 23.4 Å². The van der Waals surface area contributed by atoms with Crippen molar-refractivity contribution in [3.05, 3.63) is 35.4 Å². The molecule has 1 N–H and O–H groups in total. The minimum Gasteiger partial charge on any atom is -0.351 e. The summed E-state index contributed by atoms with van der Waals surface area (Å²) in [5.74, 6) is -1.85. The highest BCUT2D eigenvalue weighted by atomic mass is 35.5. The molecule has 0 unspecified atom stereocenters. The van der Waals surface area contributed by atoms with E-state index in [0.29, 0.717) is 12.4 Å². The molecule has 1 aliphatic carbocycles. The smallest absolute Gasteiger partial charge is 0.251 e. The van der Waals surface area contributed by atoms with Crippen LogP contribution in [0.15, 0.2) is 18.2 Å². The molecule has 20 heavy (non-hydrogen) atoms. The quantitative estimate of drug-likeness (QED) is 0.840. The lowest BCUT2D eigenvalue weighted by Gasteiger charge is -2.35. The molecule has 2 nitrogen and oxygen atoms in total. The summed E-state index contributed by atoms with van der Waals surface area (Å²) in [4.78, 5) is 12.0. The number of rotatable bonds is 4. The zero-order chi connectivity index (χ0) is 14.6. The lowest BCUT2D eigenvalue weighted by molar-refractivity contribution is 0.0920. The molecule has 0 aliphatic heterocycles. The van der Waals surface area contributed by atoms with Crippen molar-refractivity contribution >= 4 is 17.5 Å². The number of benzene rings is 1. The molecule has 0 aromatic heterocycles. The molecule has 0 bridgehead atoms. The molecule has 1 aliphatic rings. The zero-order valence-electron chi connectivity index (χ0n) is 11.2. The number of carbonyl (C=O) groups excluding carboxylic acids is 1. The van der Waals surface area contributed by atoms with Crippen LogP contribution in [0.4, 0.5) is 8.78 Å². The predicted molar refractivity (Wildman–Crippen MR) is 74.9 cm³/mol. The second-order valence-electron chi connectivity index (χ2n) is 5.51. The van der Waals surface area contributed by atoms with Crippen molar-refractivity contribution in [2.24, 2.45) is 5.41 Å². The van der Waals surface area contributed by atoms with Gasteiger partial charge < -0.3 is 5.32 Å². The van der Waals surface area contributed by atoms with Crippen LogP contribution in [-0.4, -0.2) is 18.3 Å². The fourth-order valence-corrected chi connectivity index (χ4v) is 3.03. The first-order valence-corrected chi connectivity index (χ1v) is 7.39. The SMILES string of the molecule is O=C(NCC1(CCl)CCCCC1)c1ccc(F)c(F)c1. The largest absolute Gasteiger partial charge is 0.351 e. The Morgan fingerprint density at radius 1 is 1.20 bits per heavy atom. The van der Waals surface area contributed by atoms with Crippen molar-refractivity contribution in [3.63, 3.8) is 0 Å². The molecule has 1 fully saturated rings. The molecule has 5 heteroatoms. The van der Waals surface area contributed by atoms with Gasteiger partial charge in [-0.3, -0.25) is 4.79 Å². The molecule has 1 saturated carbocycles. The lowest BCUT2D eigenvalue weighted by atomic mass is 9.75. The molecule has 0 spiro atoms. The van der Waals surface area contributed by atoms with Crippen molar-refractivity contribution in [3.8, 4) is 0 Å². The van der Waals surface area contributed by atoms with Gasteiger partial charge in [0.25, 0.3) is 5.91 Å². The first kappa shape index (κ1) is 15.2.